The topological polar surface area (TPSA) is 40.6 Å². The zero-order valence-electron chi connectivity index (χ0n) is 15.2. The van der Waals surface area contributed by atoms with Crippen LogP contribution in [0.15, 0.2) is 54.2 Å². The normalized spacial score (nSPS) is 17.0. The smallest absolute Gasteiger partial charge is 0.278 e. The van der Waals surface area contributed by atoms with Crippen LogP contribution in [0, 0.1) is 0 Å². The number of aryl methyl sites for hydroxylation is 1. The van der Waals surface area contributed by atoms with Crippen molar-refractivity contribution in [3.8, 4) is 0 Å². The van der Waals surface area contributed by atoms with Crippen molar-refractivity contribution in [2.45, 2.75) is 26.2 Å². The van der Waals surface area contributed by atoms with Crippen LogP contribution in [0.3, 0.4) is 0 Å². The molecule has 0 unspecified atom stereocenters. The van der Waals surface area contributed by atoms with Gasteiger partial charge in [-0.1, -0.05) is 48.9 Å². The second-order valence-corrected chi connectivity index (χ2v) is 7.31. The van der Waals surface area contributed by atoms with Crippen LogP contribution in [0.2, 0.25) is 5.02 Å². The van der Waals surface area contributed by atoms with E-state index in [-0.39, 0.29) is 11.8 Å². The molecule has 4 rings (SSSR count). The van der Waals surface area contributed by atoms with Crippen LogP contribution in [0.5, 0.6) is 0 Å². The van der Waals surface area contributed by atoms with Gasteiger partial charge in [-0.2, -0.15) is 0 Å². The Hall–Kier alpha value is -2.59. The highest BCUT2D eigenvalue weighted by molar-refractivity contribution is 6.37. The molecule has 0 spiro atoms. The lowest BCUT2D eigenvalue weighted by atomic mass is 9.98. The van der Waals surface area contributed by atoms with Gasteiger partial charge in [0, 0.05) is 23.8 Å². The zero-order chi connectivity index (χ0) is 19.0. The number of hydrogen-bond donors (Lipinski definition) is 0. The van der Waals surface area contributed by atoms with Gasteiger partial charge in [-0.25, -0.2) is 0 Å². The average Bonchev–Trinajstić information content (AvgIpc) is 2.93. The van der Waals surface area contributed by atoms with Crippen LogP contribution in [0.1, 0.15) is 30.9 Å². The zero-order valence-corrected chi connectivity index (χ0v) is 16.0. The van der Waals surface area contributed by atoms with Crippen LogP contribution in [-0.4, -0.2) is 29.8 Å². The summed E-state index contributed by atoms with van der Waals surface area (Å²) < 4.78 is 0. The summed E-state index contributed by atoms with van der Waals surface area (Å²) >= 11 is 6.03. The van der Waals surface area contributed by atoms with E-state index in [0.29, 0.717) is 22.8 Å². The molecule has 0 fully saturated rings. The summed E-state index contributed by atoms with van der Waals surface area (Å²) in [5, 5.41) is 0.603. The van der Waals surface area contributed by atoms with E-state index in [9.17, 15) is 9.59 Å². The number of carbonyl (C=O) groups excluding carboxylic acids is 2. The van der Waals surface area contributed by atoms with Crippen molar-refractivity contribution in [2.24, 2.45) is 0 Å². The van der Waals surface area contributed by atoms with E-state index < -0.39 is 0 Å². The van der Waals surface area contributed by atoms with Gasteiger partial charge >= 0.3 is 0 Å². The van der Waals surface area contributed by atoms with Crippen LogP contribution < -0.4 is 4.90 Å². The monoisotopic (exact) mass is 380 g/mol. The largest absolute Gasteiger partial charge is 0.336 e. The first-order chi connectivity index (χ1) is 13.1. The van der Waals surface area contributed by atoms with Crippen molar-refractivity contribution < 1.29 is 9.59 Å². The maximum atomic E-state index is 13.2. The standard InChI is InChI=1S/C22H21ClN2O2/c1-2-13-25-21(26)19(16-9-11-17(23)12-10-16)20(22(25)27)24-14-5-7-15-6-3-4-8-18(15)24/h3-4,6,8-12H,2,5,7,13-14H2,1H3. The minimum absolute atomic E-state index is 0.205. The third-order valence-corrected chi connectivity index (χ3v) is 5.36. The summed E-state index contributed by atoms with van der Waals surface area (Å²) in [6, 6.07) is 15.3. The number of rotatable bonds is 4. The number of halogens is 1. The van der Waals surface area contributed by atoms with Crippen molar-refractivity contribution in [1.29, 1.82) is 0 Å². The summed E-state index contributed by atoms with van der Waals surface area (Å²) in [5.74, 6) is -0.425. The molecule has 5 heteroatoms. The molecular formula is C22H21ClN2O2. The lowest BCUT2D eigenvalue weighted by Gasteiger charge is -2.32. The lowest BCUT2D eigenvalue weighted by molar-refractivity contribution is -0.136. The fourth-order valence-corrected chi connectivity index (χ4v) is 4.01. The Morgan fingerprint density at radius 2 is 1.74 bits per heavy atom. The SMILES string of the molecule is CCCN1C(=O)C(c2ccc(Cl)cc2)=C(N2CCCc3ccccc32)C1=O. The molecule has 0 saturated carbocycles. The quantitative estimate of drug-likeness (QED) is 0.743. The Kier molecular flexibility index (Phi) is 4.75. The molecule has 2 aromatic carbocycles. The highest BCUT2D eigenvalue weighted by atomic mass is 35.5. The molecule has 2 aliphatic heterocycles. The highest BCUT2D eigenvalue weighted by Gasteiger charge is 2.42. The molecule has 0 aromatic heterocycles. The number of nitrogens with zero attached hydrogens (tertiary/aromatic N) is 2. The first kappa shape index (κ1) is 17.8. The summed E-state index contributed by atoms with van der Waals surface area (Å²) in [4.78, 5) is 29.8. The molecule has 0 atom stereocenters. The van der Waals surface area contributed by atoms with Crippen molar-refractivity contribution in [2.75, 3.05) is 18.0 Å². The predicted molar refractivity (Wildman–Crippen MR) is 107 cm³/mol. The van der Waals surface area contributed by atoms with E-state index in [1.165, 1.54) is 10.5 Å². The third kappa shape index (κ3) is 3.04. The summed E-state index contributed by atoms with van der Waals surface area (Å²) in [6.07, 6.45) is 2.66. The first-order valence-electron chi connectivity index (χ1n) is 9.33. The number of carbonyl (C=O) groups is 2. The third-order valence-electron chi connectivity index (χ3n) is 5.10. The molecule has 2 aliphatic rings. The van der Waals surface area contributed by atoms with Crippen molar-refractivity contribution in [1.82, 2.24) is 4.90 Å². The van der Waals surface area contributed by atoms with Crippen LogP contribution >= 0.6 is 11.6 Å². The minimum atomic E-state index is -0.220. The van der Waals surface area contributed by atoms with Gasteiger partial charge in [-0.3, -0.25) is 14.5 Å². The van der Waals surface area contributed by atoms with Crippen LogP contribution in [0.4, 0.5) is 5.69 Å². The number of imide groups is 1. The summed E-state index contributed by atoms with van der Waals surface area (Å²) in [5.41, 5.74) is 3.92. The molecule has 4 nitrogen and oxygen atoms in total. The van der Waals surface area contributed by atoms with E-state index in [0.717, 1.165) is 37.1 Å². The fourth-order valence-electron chi connectivity index (χ4n) is 3.88. The van der Waals surface area contributed by atoms with Gasteiger partial charge < -0.3 is 4.90 Å². The Morgan fingerprint density at radius 1 is 1.00 bits per heavy atom. The predicted octanol–water partition coefficient (Wildman–Crippen LogP) is 4.28. The highest BCUT2D eigenvalue weighted by Crippen LogP contribution is 2.38. The van der Waals surface area contributed by atoms with Gasteiger partial charge in [-0.15, -0.1) is 0 Å². The molecule has 27 heavy (non-hydrogen) atoms. The number of para-hydroxylation sites is 1. The lowest BCUT2D eigenvalue weighted by Crippen LogP contribution is -2.37. The van der Waals surface area contributed by atoms with E-state index in [1.807, 2.05) is 42.2 Å². The Balaban J connectivity index is 1.89. The van der Waals surface area contributed by atoms with Gasteiger partial charge in [0.25, 0.3) is 11.8 Å². The van der Waals surface area contributed by atoms with E-state index in [2.05, 4.69) is 6.07 Å². The van der Waals surface area contributed by atoms with Gasteiger partial charge in [0.05, 0.1) is 5.57 Å². The number of fused-ring (bicyclic) bond motifs is 1. The number of benzene rings is 2. The molecule has 0 N–H and O–H groups in total. The average molecular weight is 381 g/mol. The Morgan fingerprint density at radius 3 is 2.48 bits per heavy atom. The van der Waals surface area contributed by atoms with E-state index in [4.69, 9.17) is 11.6 Å². The number of anilines is 1. The van der Waals surface area contributed by atoms with E-state index in [1.54, 1.807) is 12.1 Å². The summed E-state index contributed by atoms with van der Waals surface area (Å²) in [7, 11) is 0. The molecule has 0 saturated heterocycles. The molecule has 138 valence electrons. The number of amides is 2. The van der Waals surface area contributed by atoms with E-state index >= 15 is 0 Å². The van der Waals surface area contributed by atoms with Gasteiger partial charge in [0.15, 0.2) is 0 Å². The van der Waals surface area contributed by atoms with Crippen LogP contribution in [0.25, 0.3) is 5.57 Å². The van der Waals surface area contributed by atoms with Gasteiger partial charge in [0.1, 0.15) is 5.70 Å². The Bertz CT molecular complexity index is 934. The second-order valence-electron chi connectivity index (χ2n) is 6.88. The second kappa shape index (κ2) is 7.20. The Labute approximate surface area is 164 Å². The maximum Gasteiger partial charge on any atom is 0.278 e. The molecule has 0 radical (unpaired) electrons. The van der Waals surface area contributed by atoms with Gasteiger partial charge in [0.2, 0.25) is 0 Å². The minimum Gasteiger partial charge on any atom is -0.336 e. The van der Waals surface area contributed by atoms with Crippen molar-refractivity contribution in [3.63, 3.8) is 0 Å². The number of hydrogen-bond acceptors (Lipinski definition) is 3. The molecule has 2 amide bonds. The first-order valence-corrected chi connectivity index (χ1v) is 9.71. The molecule has 2 aromatic rings. The fraction of sp³-hybridized carbons (Fsp3) is 0.273. The molecular weight excluding hydrogens is 360 g/mol. The van der Waals surface area contributed by atoms with Crippen molar-refractivity contribution in [3.05, 3.63) is 70.4 Å². The summed E-state index contributed by atoms with van der Waals surface area (Å²) in [6.45, 7) is 3.12. The molecule has 0 bridgehead atoms. The molecule has 2 heterocycles. The maximum absolute atomic E-state index is 13.2. The van der Waals surface area contributed by atoms with Crippen LogP contribution in [-0.2, 0) is 16.0 Å². The van der Waals surface area contributed by atoms with Gasteiger partial charge in [-0.05, 0) is 48.6 Å². The molecule has 0 aliphatic carbocycles. The van der Waals surface area contributed by atoms with Crippen molar-refractivity contribution >= 4 is 34.7 Å².